The molecule has 29 heavy (non-hydrogen) atoms. The molecule has 0 aliphatic carbocycles. The maximum atomic E-state index is 12.6. The lowest BCUT2D eigenvalue weighted by Crippen LogP contribution is -2.38. The van der Waals surface area contributed by atoms with Crippen LogP contribution in [0.3, 0.4) is 0 Å². The van der Waals surface area contributed by atoms with Crippen molar-refractivity contribution in [3.63, 3.8) is 0 Å². The molecule has 2 aromatic carbocycles. The highest BCUT2D eigenvalue weighted by atomic mass is 79.9. The molecule has 0 atom stereocenters. The van der Waals surface area contributed by atoms with Crippen LogP contribution in [-0.4, -0.2) is 39.6 Å². The zero-order valence-electron chi connectivity index (χ0n) is 16.3. The number of sulfonamides is 1. The van der Waals surface area contributed by atoms with Crippen molar-refractivity contribution in [1.29, 1.82) is 0 Å². The number of nitrogens with one attached hydrogen (secondary N) is 2. The number of halogens is 1. The van der Waals surface area contributed by atoms with Gasteiger partial charge in [-0.2, -0.15) is 0 Å². The fraction of sp³-hybridized carbons (Fsp3) is 0.300. The van der Waals surface area contributed by atoms with Crippen LogP contribution in [-0.2, 0) is 14.8 Å². The second-order valence-electron chi connectivity index (χ2n) is 6.42. The largest absolute Gasteiger partial charge is 0.352 e. The molecule has 0 aliphatic heterocycles. The summed E-state index contributed by atoms with van der Waals surface area (Å²) in [5, 5.41) is 5.46. The normalized spacial score (nSPS) is 11.0. The Morgan fingerprint density at radius 2 is 1.72 bits per heavy atom. The lowest BCUT2D eigenvalue weighted by Gasteiger charge is -2.23. The summed E-state index contributed by atoms with van der Waals surface area (Å²) in [6.07, 6.45) is 2.85. The highest BCUT2D eigenvalue weighted by molar-refractivity contribution is 9.10. The molecule has 0 unspecified atom stereocenters. The SMILES string of the molecule is CCCCNC(=O)c1ccccc1NC(=O)CN(c1ccccc1Br)S(C)(=O)=O. The molecular weight excluding hydrogens is 458 g/mol. The Morgan fingerprint density at radius 1 is 1.07 bits per heavy atom. The van der Waals surface area contributed by atoms with Gasteiger partial charge in [-0.3, -0.25) is 13.9 Å². The van der Waals surface area contributed by atoms with Crippen molar-refractivity contribution in [2.75, 3.05) is 29.0 Å². The standard InChI is InChI=1S/C20H24BrN3O4S/c1-3-4-13-22-20(26)15-9-5-7-11-17(15)23-19(25)14-24(29(2,27)28)18-12-8-6-10-16(18)21/h5-12H,3-4,13-14H2,1-2H3,(H,22,26)(H,23,25). The Labute approximate surface area is 179 Å². The summed E-state index contributed by atoms with van der Waals surface area (Å²) in [7, 11) is -3.71. The molecule has 156 valence electrons. The summed E-state index contributed by atoms with van der Waals surface area (Å²) < 4.78 is 26.1. The molecule has 0 bridgehead atoms. The average molecular weight is 482 g/mol. The van der Waals surface area contributed by atoms with Crippen LogP contribution in [0.2, 0.25) is 0 Å². The first kappa shape index (κ1) is 22.9. The summed E-state index contributed by atoms with van der Waals surface area (Å²) in [5.41, 5.74) is 1.01. The van der Waals surface area contributed by atoms with Gasteiger partial charge >= 0.3 is 0 Å². The van der Waals surface area contributed by atoms with Crippen LogP contribution in [0, 0.1) is 0 Å². The summed E-state index contributed by atoms with van der Waals surface area (Å²) in [6.45, 7) is 2.15. The maximum absolute atomic E-state index is 12.6. The van der Waals surface area contributed by atoms with Gasteiger partial charge < -0.3 is 10.6 Å². The van der Waals surface area contributed by atoms with Crippen molar-refractivity contribution in [1.82, 2.24) is 5.32 Å². The van der Waals surface area contributed by atoms with Gasteiger partial charge in [0.25, 0.3) is 5.91 Å². The predicted molar refractivity (Wildman–Crippen MR) is 119 cm³/mol. The second-order valence-corrected chi connectivity index (χ2v) is 9.19. The smallest absolute Gasteiger partial charge is 0.253 e. The van der Waals surface area contributed by atoms with Crippen LogP contribution in [0.5, 0.6) is 0 Å². The summed E-state index contributed by atoms with van der Waals surface area (Å²) in [5.74, 6) is -0.847. The van der Waals surface area contributed by atoms with Crippen molar-refractivity contribution in [2.24, 2.45) is 0 Å². The van der Waals surface area contributed by atoms with Crippen LogP contribution >= 0.6 is 15.9 Å². The van der Waals surface area contributed by atoms with Gasteiger partial charge in [0.15, 0.2) is 0 Å². The first-order chi connectivity index (χ1) is 13.7. The minimum Gasteiger partial charge on any atom is -0.352 e. The fourth-order valence-electron chi connectivity index (χ4n) is 2.62. The van der Waals surface area contributed by atoms with E-state index in [-0.39, 0.29) is 5.91 Å². The molecule has 0 fully saturated rings. The van der Waals surface area contributed by atoms with Gasteiger partial charge in [0.1, 0.15) is 6.54 Å². The lowest BCUT2D eigenvalue weighted by atomic mass is 10.1. The van der Waals surface area contributed by atoms with Gasteiger partial charge in [-0.05, 0) is 46.6 Å². The molecule has 0 heterocycles. The first-order valence-corrected chi connectivity index (χ1v) is 11.8. The van der Waals surface area contributed by atoms with Crippen molar-refractivity contribution >= 4 is 49.1 Å². The van der Waals surface area contributed by atoms with Gasteiger partial charge in [-0.15, -0.1) is 0 Å². The zero-order chi connectivity index (χ0) is 21.4. The van der Waals surface area contributed by atoms with Crippen molar-refractivity contribution < 1.29 is 18.0 Å². The van der Waals surface area contributed by atoms with Crippen LogP contribution in [0.1, 0.15) is 30.1 Å². The molecule has 9 heteroatoms. The number of para-hydroxylation sites is 2. The highest BCUT2D eigenvalue weighted by Crippen LogP contribution is 2.27. The van der Waals surface area contributed by atoms with Crippen LogP contribution in [0.15, 0.2) is 53.0 Å². The van der Waals surface area contributed by atoms with E-state index in [9.17, 15) is 18.0 Å². The lowest BCUT2D eigenvalue weighted by molar-refractivity contribution is -0.114. The van der Waals surface area contributed by atoms with E-state index >= 15 is 0 Å². The monoisotopic (exact) mass is 481 g/mol. The Morgan fingerprint density at radius 3 is 2.38 bits per heavy atom. The van der Waals surface area contributed by atoms with E-state index in [0.717, 1.165) is 23.4 Å². The van der Waals surface area contributed by atoms with Crippen LogP contribution in [0.25, 0.3) is 0 Å². The van der Waals surface area contributed by atoms with E-state index in [4.69, 9.17) is 0 Å². The molecule has 0 aliphatic rings. The van der Waals surface area contributed by atoms with E-state index < -0.39 is 22.5 Å². The fourth-order valence-corrected chi connectivity index (χ4v) is 4.10. The Bertz CT molecular complexity index is 979. The van der Waals surface area contributed by atoms with Gasteiger partial charge in [0.2, 0.25) is 15.9 Å². The topological polar surface area (TPSA) is 95.6 Å². The molecule has 0 saturated carbocycles. The minimum absolute atomic E-state index is 0.292. The van der Waals surface area contributed by atoms with Crippen molar-refractivity contribution in [3.05, 3.63) is 58.6 Å². The van der Waals surface area contributed by atoms with Crippen LogP contribution in [0.4, 0.5) is 11.4 Å². The third-order valence-electron chi connectivity index (χ3n) is 4.07. The minimum atomic E-state index is -3.71. The second kappa shape index (κ2) is 10.4. The van der Waals surface area contributed by atoms with E-state index in [1.165, 1.54) is 0 Å². The molecule has 2 N–H and O–H groups in total. The number of hydrogen-bond acceptors (Lipinski definition) is 4. The van der Waals surface area contributed by atoms with Gasteiger partial charge in [-0.1, -0.05) is 37.6 Å². The van der Waals surface area contributed by atoms with E-state index in [0.29, 0.717) is 28.0 Å². The molecule has 0 saturated heterocycles. The molecular formula is C20H24BrN3O4S. The molecule has 7 nitrogen and oxygen atoms in total. The van der Waals surface area contributed by atoms with Gasteiger partial charge in [-0.25, -0.2) is 8.42 Å². The summed E-state index contributed by atoms with van der Waals surface area (Å²) >= 11 is 3.32. The number of carbonyl (C=O) groups is 2. The van der Waals surface area contributed by atoms with E-state index in [1.807, 2.05) is 6.92 Å². The average Bonchev–Trinajstić information content (AvgIpc) is 2.66. The molecule has 0 spiro atoms. The molecule has 0 aromatic heterocycles. The number of anilines is 2. The third kappa shape index (κ3) is 6.57. The molecule has 2 aromatic rings. The Hall–Kier alpha value is -2.39. The number of hydrogen-bond donors (Lipinski definition) is 2. The summed E-state index contributed by atoms with van der Waals surface area (Å²) in [4.78, 5) is 25.0. The van der Waals surface area contributed by atoms with Crippen LogP contribution < -0.4 is 14.9 Å². The predicted octanol–water partition coefficient (Wildman–Crippen LogP) is 3.38. The number of benzene rings is 2. The van der Waals surface area contributed by atoms with Crippen molar-refractivity contribution in [2.45, 2.75) is 19.8 Å². The van der Waals surface area contributed by atoms with E-state index in [1.54, 1.807) is 48.5 Å². The maximum Gasteiger partial charge on any atom is 0.253 e. The Balaban J connectivity index is 2.19. The number of nitrogens with zero attached hydrogens (tertiary/aromatic N) is 1. The Kier molecular flexibility index (Phi) is 8.21. The third-order valence-corrected chi connectivity index (χ3v) is 5.87. The molecule has 0 radical (unpaired) electrons. The molecule has 2 rings (SSSR count). The number of rotatable bonds is 9. The van der Waals surface area contributed by atoms with Gasteiger partial charge in [0.05, 0.1) is 23.2 Å². The zero-order valence-corrected chi connectivity index (χ0v) is 18.7. The number of carbonyl (C=O) groups excluding carboxylic acids is 2. The molecule has 2 amide bonds. The highest BCUT2D eigenvalue weighted by Gasteiger charge is 2.23. The first-order valence-electron chi connectivity index (χ1n) is 9.13. The number of unbranched alkanes of at least 4 members (excludes halogenated alkanes) is 1. The van der Waals surface area contributed by atoms with Crippen molar-refractivity contribution in [3.8, 4) is 0 Å². The quantitative estimate of drug-likeness (QED) is 0.536. The summed E-state index contributed by atoms with van der Waals surface area (Å²) in [6, 6.07) is 13.4. The number of amides is 2. The van der Waals surface area contributed by atoms with E-state index in [2.05, 4.69) is 26.6 Å². The van der Waals surface area contributed by atoms with Gasteiger partial charge in [0, 0.05) is 11.0 Å².